The predicted octanol–water partition coefficient (Wildman–Crippen LogP) is 4.71. The molecule has 2 aromatic rings. The van der Waals surface area contributed by atoms with Crippen LogP contribution in [0.4, 0.5) is 11.4 Å². The van der Waals surface area contributed by atoms with E-state index in [0.29, 0.717) is 12.5 Å². The highest BCUT2D eigenvalue weighted by Gasteiger charge is 2.10. The number of nitrogens with zero attached hydrogens (tertiary/aromatic N) is 2. The van der Waals surface area contributed by atoms with Gasteiger partial charge in [0.2, 0.25) is 0 Å². The molecule has 150 valence electrons. The molecule has 0 aliphatic carbocycles. The SMILES string of the molecule is COc1cc(C=Nc2ccc(N3CCOCC3)cc2)ccc1OCCC(C)C. The molecule has 0 N–H and O–H groups in total. The van der Waals surface area contributed by atoms with Crippen LogP contribution in [0.5, 0.6) is 11.5 Å². The number of benzene rings is 2. The van der Waals surface area contributed by atoms with E-state index in [2.05, 4.69) is 35.9 Å². The summed E-state index contributed by atoms with van der Waals surface area (Å²) in [5.74, 6) is 2.12. The Morgan fingerprint density at radius 1 is 1.07 bits per heavy atom. The van der Waals surface area contributed by atoms with Crippen molar-refractivity contribution in [3.05, 3.63) is 48.0 Å². The molecule has 0 atom stereocenters. The molecule has 1 heterocycles. The van der Waals surface area contributed by atoms with Crippen LogP contribution >= 0.6 is 0 Å². The fourth-order valence-electron chi connectivity index (χ4n) is 3.01. The topological polar surface area (TPSA) is 43.3 Å². The van der Waals surface area contributed by atoms with E-state index in [1.165, 1.54) is 5.69 Å². The molecule has 0 aromatic heterocycles. The summed E-state index contributed by atoms with van der Waals surface area (Å²) in [5, 5.41) is 0. The van der Waals surface area contributed by atoms with Gasteiger partial charge in [-0.2, -0.15) is 0 Å². The molecule has 2 aromatic carbocycles. The zero-order valence-electron chi connectivity index (χ0n) is 17.1. The molecule has 0 amide bonds. The normalized spacial score (nSPS) is 14.6. The van der Waals surface area contributed by atoms with Gasteiger partial charge in [-0.25, -0.2) is 0 Å². The van der Waals surface area contributed by atoms with Crippen molar-refractivity contribution in [2.75, 3.05) is 44.9 Å². The Morgan fingerprint density at radius 3 is 2.50 bits per heavy atom. The van der Waals surface area contributed by atoms with Gasteiger partial charge in [-0.15, -0.1) is 0 Å². The molecule has 0 spiro atoms. The van der Waals surface area contributed by atoms with Crippen LogP contribution < -0.4 is 14.4 Å². The maximum absolute atomic E-state index is 5.84. The monoisotopic (exact) mass is 382 g/mol. The predicted molar refractivity (Wildman–Crippen MR) is 115 cm³/mol. The van der Waals surface area contributed by atoms with E-state index in [9.17, 15) is 0 Å². The molecule has 0 bridgehead atoms. The van der Waals surface area contributed by atoms with Gasteiger partial charge in [0.05, 0.1) is 32.6 Å². The van der Waals surface area contributed by atoms with Gasteiger partial charge in [0.25, 0.3) is 0 Å². The molecule has 5 nitrogen and oxygen atoms in total. The summed E-state index contributed by atoms with van der Waals surface area (Å²) in [6.07, 6.45) is 2.87. The summed E-state index contributed by atoms with van der Waals surface area (Å²) in [6.45, 7) is 8.53. The zero-order valence-corrected chi connectivity index (χ0v) is 17.1. The lowest BCUT2D eigenvalue weighted by molar-refractivity contribution is 0.122. The first kappa shape index (κ1) is 20.2. The minimum absolute atomic E-state index is 0.618. The first-order valence-corrected chi connectivity index (χ1v) is 9.93. The second-order valence-corrected chi connectivity index (χ2v) is 7.32. The highest BCUT2D eigenvalue weighted by atomic mass is 16.5. The fourth-order valence-corrected chi connectivity index (χ4v) is 3.01. The standard InChI is InChI=1S/C23H30N2O3/c1-18(2)10-13-28-22-9-4-19(16-23(22)26-3)17-24-20-5-7-21(8-6-20)25-11-14-27-15-12-25/h4-9,16-18H,10-15H2,1-3H3. The van der Waals surface area contributed by atoms with Crippen LogP contribution in [0.25, 0.3) is 0 Å². The Labute approximate surface area is 167 Å². The maximum Gasteiger partial charge on any atom is 0.161 e. The van der Waals surface area contributed by atoms with Crippen molar-refractivity contribution in [3.63, 3.8) is 0 Å². The fraction of sp³-hybridized carbons (Fsp3) is 0.435. The summed E-state index contributed by atoms with van der Waals surface area (Å²) in [7, 11) is 1.66. The summed E-state index contributed by atoms with van der Waals surface area (Å²) in [4.78, 5) is 6.92. The van der Waals surface area contributed by atoms with E-state index in [-0.39, 0.29) is 0 Å². The van der Waals surface area contributed by atoms with E-state index in [4.69, 9.17) is 14.2 Å². The second-order valence-electron chi connectivity index (χ2n) is 7.32. The second kappa shape index (κ2) is 10.1. The van der Waals surface area contributed by atoms with Crippen LogP contribution in [-0.4, -0.2) is 46.2 Å². The van der Waals surface area contributed by atoms with Crippen molar-refractivity contribution in [3.8, 4) is 11.5 Å². The van der Waals surface area contributed by atoms with Gasteiger partial charge in [-0.05, 0) is 60.4 Å². The van der Waals surface area contributed by atoms with Gasteiger partial charge in [0.15, 0.2) is 11.5 Å². The van der Waals surface area contributed by atoms with Crippen LogP contribution in [-0.2, 0) is 4.74 Å². The van der Waals surface area contributed by atoms with Crippen LogP contribution in [0.15, 0.2) is 47.5 Å². The first-order chi connectivity index (χ1) is 13.7. The Bertz CT molecular complexity index is 766. The smallest absolute Gasteiger partial charge is 0.161 e. The molecule has 0 unspecified atom stereocenters. The van der Waals surface area contributed by atoms with E-state index < -0.39 is 0 Å². The average molecular weight is 383 g/mol. The number of hydrogen-bond donors (Lipinski definition) is 0. The van der Waals surface area contributed by atoms with Gasteiger partial charge in [-0.1, -0.05) is 13.8 Å². The third-order valence-corrected chi connectivity index (χ3v) is 4.73. The molecular weight excluding hydrogens is 352 g/mol. The molecule has 1 aliphatic rings. The summed E-state index contributed by atoms with van der Waals surface area (Å²) < 4.78 is 16.7. The van der Waals surface area contributed by atoms with E-state index in [0.717, 1.165) is 55.5 Å². The van der Waals surface area contributed by atoms with E-state index in [1.54, 1.807) is 7.11 Å². The average Bonchev–Trinajstić information content (AvgIpc) is 2.73. The van der Waals surface area contributed by atoms with Gasteiger partial charge >= 0.3 is 0 Å². The minimum atomic E-state index is 0.618. The van der Waals surface area contributed by atoms with Crippen molar-refractivity contribution < 1.29 is 14.2 Å². The number of ether oxygens (including phenoxy) is 3. The van der Waals surface area contributed by atoms with Crippen LogP contribution in [0.2, 0.25) is 0 Å². The highest BCUT2D eigenvalue weighted by Crippen LogP contribution is 2.28. The van der Waals surface area contributed by atoms with E-state index >= 15 is 0 Å². The molecule has 3 rings (SSSR count). The number of rotatable bonds is 8. The molecule has 5 heteroatoms. The number of methoxy groups -OCH3 is 1. The van der Waals surface area contributed by atoms with Gasteiger partial charge in [0.1, 0.15) is 0 Å². The molecule has 0 saturated carbocycles. The summed E-state index contributed by atoms with van der Waals surface area (Å²) in [5.41, 5.74) is 3.12. The lowest BCUT2D eigenvalue weighted by atomic mass is 10.1. The van der Waals surface area contributed by atoms with Crippen molar-refractivity contribution in [1.82, 2.24) is 0 Å². The maximum atomic E-state index is 5.84. The molecule has 28 heavy (non-hydrogen) atoms. The summed E-state index contributed by atoms with van der Waals surface area (Å²) in [6, 6.07) is 14.2. The molecule has 1 aliphatic heterocycles. The minimum Gasteiger partial charge on any atom is -0.493 e. The number of hydrogen-bond acceptors (Lipinski definition) is 5. The van der Waals surface area contributed by atoms with Gasteiger partial charge in [0, 0.05) is 25.0 Å². The lowest BCUT2D eigenvalue weighted by Gasteiger charge is -2.28. The zero-order chi connectivity index (χ0) is 19.8. The Kier molecular flexibility index (Phi) is 7.31. The van der Waals surface area contributed by atoms with Crippen molar-refractivity contribution in [2.45, 2.75) is 20.3 Å². The molecule has 1 fully saturated rings. The number of morpholine rings is 1. The lowest BCUT2D eigenvalue weighted by Crippen LogP contribution is -2.36. The molecule has 0 radical (unpaired) electrons. The van der Waals surface area contributed by atoms with Crippen LogP contribution in [0, 0.1) is 5.92 Å². The Hall–Kier alpha value is -2.53. The quantitative estimate of drug-likeness (QED) is 0.620. The molecule has 1 saturated heterocycles. The summed E-state index contributed by atoms with van der Waals surface area (Å²) >= 11 is 0. The van der Waals surface area contributed by atoms with Crippen molar-refractivity contribution in [1.29, 1.82) is 0 Å². The largest absolute Gasteiger partial charge is 0.493 e. The Morgan fingerprint density at radius 2 is 1.82 bits per heavy atom. The van der Waals surface area contributed by atoms with E-state index in [1.807, 2.05) is 36.5 Å². The third-order valence-electron chi connectivity index (χ3n) is 4.73. The first-order valence-electron chi connectivity index (χ1n) is 9.93. The number of anilines is 1. The van der Waals surface area contributed by atoms with Gasteiger partial charge in [-0.3, -0.25) is 4.99 Å². The van der Waals surface area contributed by atoms with Crippen LogP contribution in [0.3, 0.4) is 0 Å². The van der Waals surface area contributed by atoms with Crippen molar-refractivity contribution >= 4 is 17.6 Å². The van der Waals surface area contributed by atoms with Crippen molar-refractivity contribution in [2.24, 2.45) is 10.9 Å². The third kappa shape index (κ3) is 5.73. The van der Waals surface area contributed by atoms with Crippen LogP contribution in [0.1, 0.15) is 25.8 Å². The number of aliphatic imine (C=N–C) groups is 1. The Balaban J connectivity index is 1.63. The van der Waals surface area contributed by atoms with Gasteiger partial charge < -0.3 is 19.1 Å². The molecular formula is C23H30N2O3. The highest BCUT2D eigenvalue weighted by molar-refractivity contribution is 5.83.